The maximum absolute atomic E-state index is 12.8. The zero-order chi connectivity index (χ0) is 16.9. The third kappa shape index (κ3) is 3.90. The molecule has 2 heterocycles. The quantitative estimate of drug-likeness (QED) is 0.791. The number of halogens is 1. The van der Waals surface area contributed by atoms with E-state index in [0.29, 0.717) is 25.2 Å². The first-order valence-electron chi connectivity index (χ1n) is 8.23. The highest BCUT2D eigenvalue weighted by atomic mass is 19.1. The molecule has 1 unspecified atom stereocenters. The smallest absolute Gasteiger partial charge is 0.220 e. The van der Waals surface area contributed by atoms with Crippen molar-refractivity contribution in [3.63, 3.8) is 0 Å². The van der Waals surface area contributed by atoms with Crippen molar-refractivity contribution in [2.75, 3.05) is 6.61 Å². The van der Waals surface area contributed by atoms with Crippen molar-refractivity contribution in [3.05, 3.63) is 41.7 Å². The average molecular weight is 332 g/mol. The van der Waals surface area contributed by atoms with Gasteiger partial charge in [0.1, 0.15) is 17.4 Å². The Morgan fingerprint density at radius 3 is 2.96 bits per heavy atom. The van der Waals surface area contributed by atoms with Crippen LogP contribution in [0, 0.1) is 5.82 Å². The molecule has 0 radical (unpaired) electrons. The van der Waals surface area contributed by atoms with Gasteiger partial charge in [0.15, 0.2) is 5.82 Å². The molecule has 24 heavy (non-hydrogen) atoms. The summed E-state index contributed by atoms with van der Waals surface area (Å²) in [5.74, 6) is 2.08. The molecule has 1 aliphatic heterocycles. The van der Waals surface area contributed by atoms with Crippen molar-refractivity contribution in [3.8, 4) is 5.75 Å². The molecule has 0 aliphatic carbocycles. The summed E-state index contributed by atoms with van der Waals surface area (Å²) in [6.07, 6.45) is 2.99. The number of nitrogens with zero attached hydrogens (tertiary/aromatic N) is 3. The highest BCUT2D eigenvalue weighted by Crippen LogP contribution is 2.19. The Morgan fingerprint density at radius 1 is 1.38 bits per heavy atom. The Hall–Kier alpha value is -2.44. The SMILES string of the molecule is CC(NC(=O)CCCOc1ccc(F)cc1)c1nnc2n1CCC2. The Labute approximate surface area is 140 Å². The molecule has 128 valence electrons. The lowest BCUT2D eigenvalue weighted by Gasteiger charge is -2.14. The van der Waals surface area contributed by atoms with Crippen LogP contribution in [-0.2, 0) is 17.8 Å². The van der Waals surface area contributed by atoms with Gasteiger partial charge in [-0.25, -0.2) is 4.39 Å². The second kappa shape index (κ2) is 7.42. The molecule has 0 bridgehead atoms. The monoisotopic (exact) mass is 332 g/mol. The van der Waals surface area contributed by atoms with Crippen LogP contribution in [0.1, 0.15) is 43.9 Å². The molecule has 3 rings (SSSR count). The molecule has 1 aromatic heterocycles. The molecule has 0 spiro atoms. The first-order chi connectivity index (χ1) is 11.6. The van der Waals surface area contributed by atoms with Crippen molar-refractivity contribution >= 4 is 5.91 Å². The normalized spacial score (nSPS) is 14.2. The Kier molecular flexibility index (Phi) is 5.08. The Bertz CT molecular complexity index is 699. The molecular formula is C17H21FN4O2. The fourth-order valence-corrected chi connectivity index (χ4v) is 2.83. The molecule has 1 aliphatic rings. The maximum atomic E-state index is 12.8. The number of amides is 1. The lowest BCUT2D eigenvalue weighted by atomic mass is 10.2. The molecule has 1 atom stereocenters. The summed E-state index contributed by atoms with van der Waals surface area (Å²) >= 11 is 0. The predicted octanol–water partition coefficient (Wildman–Crippen LogP) is 2.40. The van der Waals surface area contributed by atoms with Crippen molar-refractivity contribution < 1.29 is 13.9 Å². The summed E-state index contributed by atoms with van der Waals surface area (Å²) in [6, 6.07) is 5.68. The second-order valence-corrected chi connectivity index (χ2v) is 5.92. The summed E-state index contributed by atoms with van der Waals surface area (Å²) in [5.41, 5.74) is 0. The average Bonchev–Trinajstić information content (AvgIpc) is 3.16. The first-order valence-corrected chi connectivity index (χ1v) is 8.23. The van der Waals surface area contributed by atoms with Gasteiger partial charge < -0.3 is 14.6 Å². The molecule has 1 amide bonds. The van der Waals surface area contributed by atoms with Gasteiger partial charge in [0, 0.05) is 19.4 Å². The van der Waals surface area contributed by atoms with Crippen LogP contribution in [-0.4, -0.2) is 27.3 Å². The van der Waals surface area contributed by atoms with E-state index in [4.69, 9.17) is 4.74 Å². The molecule has 7 heteroatoms. The van der Waals surface area contributed by atoms with Gasteiger partial charge in [-0.2, -0.15) is 0 Å². The van der Waals surface area contributed by atoms with Crippen LogP contribution in [0.4, 0.5) is 4.39 Å². The van der Waals surface area contributed by atoms with E-state index < -0.39 is 0 Å². The molecule has 0 fully saturated rings. The number of carbonyl (C=O) groups is 1. The van der Waals surface area contributed by atoms with Crippen molar-refractivity contribution in [1.82, 2.24) is 20.1 Å². The number of ether oxygens (including phenoxy) is 1. The topological polar surface area (TPSA) is 69.0 Å². The summed E-state index contributed by atoms with van der Waals surface area (Å²) < 4.78 is 20.3. The van der Waals surface area contributed by atoms with Gasteiger partial charge in [0.25, 0.3) is 0 Å². The highest BCUT2D eigenvalue weighted by Gasteiger charge is 2.22. The summed E-state index contributed by atoms with van der Waals surface area (Å²) in [4.78, 5) is 12.0. The maximum Gasteiger partial charge on any atom is 0.220 e. The van der Waals surface area contributed by atoms with Crippen LogP contribution >= 0.6 is 0 Å². The van der Waals surface area contributed by atoms with Crippen LogP contribution in [0.25, 0.3) is 0 Å². The van der Waals surface area contributed by atoms with Crippen LogP contribution in [0.15, 0.2) is 24.3 Å². The van der Waals surface area contributed by atoms with E-state index in [9.17, 15) is 9.18 Å². The van der Waals surface area contributed by atoms with Crippen molar-refractivity contribution in [2.24, 2.45) is 0 Å². The summed E-state index contributed by atoms with van der Waals surface area (Å²) in [5, 5.41) is 11.3. The lowest BCUT2D eigenvalue weighted by Crippen LogP contribution is -2.28. The van der Waals surface area contributed by atoms with Crippen LogP contribution in [0.2, 0.25) is 0 Å². The number of benzene rings is 1. The van der Waals surface area contributed by atoms with Gasteiger partial charge in [-0.15, -0.1) is 10.2 Å². The molecule has 0 saturated carbocycles. The van der Waals surface area contributed by atoms with Gasteiger partial charge in [-0.1, -0.05) is 0 Å². The van der Waals surface area contributed by atoms with E-state index in [1.165, 1.54) is 12.1 Å². The van der Waals surface area contributed by atoms with E-state index in [1.807, 2.05) is 6.92 Å². The summed E-state index contributed by atoms with van der Waals surface area (Å²) in [7, 11) is 0. The number of fused-ring (bicyclic) bond motifs is 1. The Morgan fingerprint density at radius 2 is 2.17 bits per heavy atom. The van der Waals surface area contributed by atoms with E-state index in [-0.39, 0.29) is 17.8 Å². The standard InChI is InChI=1S/C17H21FN4O2/c1-12(17-21-20-15-4-2-10-22(15)17)19-16(23)5-3-11-24-14-8-6-13(18)7-9-14/h6-9,12H,2-5,10-11H2,1H3,(H,19,23). The van der Waals surface area contributed by atoms with Crippen molar-refractivity contribution in [1.29, 1.82) is 0 Å². The van der Waals surface area contributed by atoms with E-state index in [1.54, 1.807) is 12.1 Å². The molecular weight excluding hydrogens is 311 g/mol. The number of aryl methyl sites for hydroxylation is 1. The first kappa shape index (κ1) is 16.4. The minimum Gasteiger partial charge on any atom is -0.494 e. The number of nitrogens with one attached hydrogen (secondary N) is 1. The van der Waals surface area contributed by atoms with Crippen LogP contribution in [0.3, 0.4) is 0 Å². The third-order valence-electron chi connectivity index (χ3n) is 4.03. The number of rotatable bonds is 7. The predicted molar refractivity (Wildman–Crippen MR) is 86.0 cm³/mol. The second-order valence-electron chi connectivity index (χ2n) is 5.92. The minimum atomic E-state index is -0.296. The lowest BCUT2D eigenvalue weighted by molar-refractivity contribution is -0.122. The minimum absolute atomic E-state index is 0.0412. The molecule has 1 aromatic carbocycles. The van der Waals surface area contributed by atoms with E-state index >= 15 is 0 Å². The Balaban J connectivity index is 1.40. The molecule has 6 nitrogen and oxygen atoms in total. The van der Waals surface area contributed by atoms with Gasteiger partial charge in [-0.05, 0) is 44.0 Å². The fraction of sp³-hybridized carbons (Fsp3) is 0.471. The summed E-state index contributed by atoms with van der Waals surface area (Å²) in [6.45, 7) is 3.25. The fourth-order valence-electron chi connectivity index (χ4n) is 2.83. The molecule has 1 N–H and O–H groups in total. The van der Waals surface area contributed by atoms with Crippen LogP contribution in [0.5, 0.6) is 5.75 Å². The van der Waals surface area contributed by atoms with E-state index in [0.717, 1.165) is 31.0 Å². The van der Waals surface area contributed by atoms with Gasteiger partial charge in [0.2, 0.25) is 5.91 Å². The third-order valence-corrected chi connectivity index (χ3v) is 4.03. The van der Waals surface area contributed by atoms with Gasteiger partial charge in [0.05, 0.1) is 12.6 Å². The molecule has 2 aromatic rings. The van der Waals surface area contributed by atoms with Crippen LogP contribution < -0.4 is 10.1 Å². The largest absolute Gasteiger partial charge is 0.494 e. The number of aromatic nitrogens is 3. The highest BCUT2D eigenvalue weighted by molar-refractivity contribution is 5.76. The van der Waals surface area contributed by atoms with Gasteiger partial charge in [-0.3, -0.25) is 4.79 Å². The van der Waals surface area contributed by atoms with Gasteiger partial charge >= 0.3 is 0 Å². The zero-order valence-corrected chi connectivity index (χ0v) is 13.7. The number of hydrogen-bond donors (Lipinski definition) is 1. The zero-order valence-electron chi connectivity index (χ0n) is 13.7. The number of hydrogen-bond acceptors (Lipinski definition) is 4. The number of carbonyl (C=O) groups excluding carboxylic acids is 1. The molecule has 0 saturated heterocycles. The van der Waals surface area contributed by atoms with E-state index in [2.05, 4.69) is 20.1 Å². The van der Waals surface area contributed by atoms with Crippen molar-refractivity contribution in [2.45, 2.75) is 45.2 Å².